The number of carbonyl (C=O) groups is 1. The lowest BCUT2D eigenvalue weighted by atomic mass is 10.2. The molecule has 6 heteroatoms. The normalized spacial score (nSPS) is 10.6. The summed E-state index contributed by atoms with van der Waals surface area (Å²) in [6, 6.07) is 7.16. The van der Waals surface area contributed by atoms with Crippen molar-refractivity contribution in [2.24, 2.45) is 5.73 Å². The van der Waals surface area contributed by atoms with Gasteiger partial charge < -0.3 is 15.8 Å². The van der Waals surface area contributed by atoms with E-state index in [0.717, 1.165) is 24.3 Å². The van der Waals surface area contributed by atoms with Crippen molar-refractivity contribution in [2.75, 3.05) is 38.7 Å². The summed E-state index contributed by atoms with van der Waals surface area (Å²) >= 11 is 4.88. The molecule has 110 valence electrons. The van der Waals surface area contributed by atoms with E-state index >= 15 is 0 Å². The quantitative estimate of drug-likeness (QED) is 0.706. The first kappa shape index (κ1) is 16.6. The second-order valence-electron chi connectivity index (χ2n) is 4.35. The maximum atomic E-state index is 11.9. The molecule has 20 heavy (non-hydrogen) atoms. The lowest BCUT2D eigenvalue weighted by molar-refractivity contribution is -0.117. The second-order valence-corrected chi connectivity index (χ2v) is 4.79. The number of ether oxygens (including phenoxy) is 1. The molecule has 0 spiro atoms. The Kier molecular flexibility index (Phi) is 7.14. The van der Waals surface area contributed by atoms with Crippen molar-refractivity contribution in [3.05, 3.63) is 29.8 Å². The number of rotatable bonds is 8. The predicted octanol–water partition coefficient (Wildman–Crippen LogP) is 1.23. The maximum absolute atomic E-state index is 11.9. The minimum atomic E-state index is -0.0500. The second kappa shape index (κ2) is 8.63. The van der Waals surface area contributed by atoms with Gasteiger partial charge in [0.2, 0.25) is 5.91 Å². The average molecular weight is 295 g/mol. The van der Waals surface area contributed by atoms with Gasteiger partial charge in [0.05, 0.1) is 13.2 Å². The third-order valence-electron chi connectivity index (χ3n) is 2.88. The topological polar surface area (TPSA) is 67.6 Å². The fourth-order valence-corrected chi connectivity index (χ4v) is 1.83. The van der Waals surface area contributed by atoms with Crippen LogP contribution in [0.15, 0.2) is 24.3 Å². The zero-order valence-electron chi connectivity index (χ0n) is 11.9. The highest BCUT2D eigenvalue weighted by atomic mass is 32.1. The van der Waals surface area contributed by atoms with Crippen molar-refractivity contribution < 1.29 is 9.53 Å². The zero-order valence-corrected chi connectivity index (χ0v) is 12.7. The van der Waals surface area contributed by atoms with Gasteiger partial charge in [-0.15, -0.1) is 0 Å². The molecule has 0 saturated carbocycles. The number of methoxy groups -OCH3 is 1. The van der Waals surface area contributed by atoms with E-state index in [2.05, 4.69) is 5.32 Å². The molecule has 0 unspecified atom stereocenters. The number of hydrogen-bond acceptors (Lipinski definition) is 4. The molecule has 0 aliphatic heterocycles. The molecule has 0 aliphatic carbocycles. The first-order valence-electron chi connectivity index (χ1n) is 6.47. The summed E-state index contributed by atoms with van der Waals surface area (Å²) in [7, 11) is 1.65. The van der Waals surface area contributed by atoms with Crippen LogP contribution < -0.4 is 11.1 Å². The summed E-state index contributed by atoms with van der Waals surface area (Å²) in [4.78, 5) is 14.3. The molecule has 0 saturated heterocycles. The average Bonchev–Trinajstić information content (AvgIpc) is 2.43. The summed E-state index contributed by atoms with van der Waals surface area (Å²) < 4.78 is 5.01. The van der Waals surface area contributed by atoms with E-state index in [4.69, 9.17) is 22.7 Å². The Labute approximate surface area is 125 Å². The largest absolute Gasteiger partial charge is 0.389 e. The van der Waals surface area contributed by atoms with Gasteiger partial charge in [0.15, 0.2) is 0 Å². The van der Waals surface area contributed by atoms with Gasteiger partial charge in [-0.25, -0.2) is 0 Å². The molecule has 1 aromatic rings. The van der Waals surface area contributed by atoms with E-state index in [1.807, 2.05) is 11.8 Å². The van der Waals surface area contributed by atoms with Crippen molar-refractivity contribution >= 4 is 28.8 Å². The number of nitrogens with one attached hydrogen (secondary N) is 1. The number of amides is 1. The van der Waals surface area contributed by atoms with Crippen molar-refractivity contribution in [3.8, 4) is 0 Å². The molecule has 0 aromatic heterocycles. The highest BCUT2D eigenvalue weighted by Crippen LogP contribution is 2.09. The van der Waals surface area contributed by atoms with Crippen LogP contribution >= 0.6 is 12.2 Å². The fraction of sp³-hybridized carbons (Fsp3) is 0.429. The minimum Gasteiger partial charge on any atom is -0.389 e. The molecule has 3 N–H and O–H groups in total. The lowest BCUT2D eigenvalue weighted by Gasteiger charge is -2.19. The van der Waals surface area contributed by atoms with Gasteiger partial charge in [-0.2, -0.15) is 0 Å². The van der Waals surface area contributed by atoms with Crippen LogP contribution in [0.3, 0.4) is 0 Å². The molecule has 0 aliphatic rings. The van der Waals surface area contributed by atoms with Crippen LogP contribution in [-0.2, 0) is 9.53 Å². The summed E-state index contributed by atoms with van der Waals surface area (Å²) in [6.07, 6.45) is 0. The van der Waals surface area contributed by atoms with Crippen LogP contribution in [0.5, 0.6) is 0 Å². The number of nitrogens with two attached hydrogens (primary N) is 1. The molecule has 1 rings (SSSR count). The van der Waals surface area contributed by atoms with Gasteiger partial charge in [-0.05, 0) is 30.8 Å². The van der Waals surface area contributed by atoms with E-state index in [9.17, 15) is 4.79 Å². The van der Waals surface area contributed by atoms with E-state index in [0.29, 0.717) is 18.1 Å². The van der Waals surface area contributed by atoms with Gasteiger partial charge in [0.1, 0.15) is 4.99 Å². The predicted molar refractivity (Wildman–Crippen MR) is 84.9 cm³/mol. The van der Waals surface area contributed by atoms with Gasteiger partial charge in [-0.3, -0.25) is 9.69 Å². The molecule has 0 radical (unpaired) electrons. The molecular formula is C14H21N3O2S. The summed E-state index contributed by atoms with van der Waals surface area (Å²) in [5.74, 6) is -0.0500. The molecule has 0 bridgehead atoms. The summed E-state index contributed by atoms with van der Waals surface area (Å²) in [6.45, 7) is 4.51. The number of nitrogens with zero attached hydrogens (tertiary/aromatic N) is 1. The number of hydrogen-bond donors (Lipinski definition) is 2. The van der Waals surface area contributed by atoms with Crippen molar-refractivity contribution in [1.82, 2.24) is 4.90 Å². The van der Waals surface area contributed by atoms with Crippen molar-refractivity contribution in [3.63, 3.8) is 0 Å². The standard InChI is InChI=1S/C14H21N3O2S/c1-3-17(8-9-19-2)10-13(18)16-12-6-4-11(5-7-12)14(15)20/h4-7H,3,8-10H2,1-2H3,(H2,15,20)(H,16,18). The van der Waals surface area contributed by atoms with Gasteiger partial charge in [0.25, 0.3) is 0 Å². The van der Waals surface area contributed by atoms with E-state index < -0.39 is 0 Å². The van der Waals surface area contributed by atoms with Gasteiger partial charge in [-0.1, -0.05) is 19.1 Å². The highest BCUT2D eigenvalue weighted by Gasteiger charge is 2.09. The maximum Gasteiger partial charge on any atom is 0.238 e. The number of anilines is 1. The number of carbonyl (C=O) groups excluding carboxylic acids is 1. The molecule has 1 aromatic carbocycles. The van der Waals surface area contributed by atoms with Gasteiger partial charge >= 0.3 is 0 Å². The summed E-state index contributed by atoms with van der Waals surface area (Å²) in [5, 5.41) is 2.84. The third-order valence-corrected chi connectivity index (χ3v) is 3.11. The van der Waals surface area contributed by atoms with E-state index in [1.54, 1.807) is 31.4 Å². The van der Waals surface area contributed by atoms with Crippen LogP contribution in [0, 0.1) is 0 Å². The Morgan fingerprint density at radius 2 is 2.05 bits per heavy atom. The number of thiocarbonyl (C=S) groups is 1. The van der Waals surface area contributed by atoms with Crippen LogP contribution in [0.2, 0.25) is 0 Å². The third kappa shape index (κ3) is 5.64. The number of benzene rings is 1. The Bertz CT molecular complexity index is 448. The highest BCUT2D eigenvalue weighted by molar-refractivity contribution is 7.80. The smallest absolute Gasteiger partial charge is 0.238 e. The monoisotopic (exact) mass is 295 g/mol. The van der Waals surface area contributed by atoms with Crippen LogP contribution in [-0.4, -0.2) is 49.1 Å². The minimum absolute atomic E-state index is 0.0500. The zero-order chi connectivity index (χ0) is 15.0. The molecule has 0 fully saturated rings. The fourth-order valence-electron chi connectivity index (χ4n) is 1.69. The Hall–Kier alpha value is -1.50. The molecule has 1 amide bonds. The Morgan fingerprint density at radius 1 is 1.40 bits per heavy atom. The lowest BCUT2D eigenvalue weighted by Crippen LogP contribution is -2.35. The SMILES string of the molecule is CCN(CCOC)CC(=O)Nc1ccc(C(N)=S)cc1. The molecular weight excluding hydrogens is 274 g/mol. The number of likely N-dealkylation sites (N-methyl/N-ethyl adjacent to an activating group) is 1. The first-order valence-corrected chi connectivity index (χ1v) is 6.88. The Morgan fingerprint density at radius 3 is 2.55 bits per heavy atom. The summed E-state index contributed by atoms with van der Waals surface area (Å²) in [5.41, 5.74) is 7.04. The molecule has 0 atom stereocenters. The van der Waals surface area contributed by atoms with E-state index in [1.165, 1.54) is 0 Å². The first-order chi connectivity index (χ1) is 9.56. The van der Waals surface area contributed by atoms with Crippen molar-refractivity contribution in [1.29, 1.82) is 0 Å². The van der Waals surface area contributed by atoms with Crippen LogP contribution in [0.4, 0.5) is 5.69 Å². The van der Waals surface area contributed by atoms with Crippen LogP contribution in [0.1, 0.15) is 12.5 Å². The molecule has 5 nitrogen and oxygen atoms in total. The Balaban J connectivity index is 2.50. The van der Waals surface area contributed by atoms with Crippen molar-refractivity contribution in [2.45, 2.75) is 6.92 Å². The van der Waals surface area contributed by atoms with Gasteiger partial charge in [0, 0.05) is 24.9 Å². The van der Waals surface area contributed by atoms with E-state index in [-0.39, 0.29) is 5.91 Å². The molecule has 0 heterocycles. The van der Waals surface area contributed by atoms with Crippen LogP contribution in [0.25, 0.3) is 0 Å².